The van der Waals surface area contributed by atoms with E-state index in [1.807, 2.05) is 32.0 Å². The maximum atomic E-state index is 12.3. The minimum atomic E-state index is -0.282. The third kappa shape index (κ3) is 6.22. The van der Waals surface area contributed by atoms with Gasteiger partial charge >= 0.3 is 5.97 Å². The van der Waals surface area contributed by atoms with Crippen molar-refractivity contribution in [3.05, 3.63) is 34.9 Å². The fourth-order valence-electron chi connectivity index (χ4n) is 2.27. The average molecular weight is 319 g/mol. The number of esters is 1. The first-order valence-electron chi connectivity index (χ1n) is 7.76. The van der Waals surface area contributed by atoms with Crippen LogP contribution in [-0.2, 0) is 14.3 Å². The minimum absolute atomic E-state index is 0.0116. The molecule has 23 heavy (non-hydrogen) atoms. The summed E-state index contributed by atoms with van der Waals surface area (Å²) in [5.41, 5.74) is 2.65. The molecule has 1 aromatic rings. The molecule has 0 N–H and O–H groups in total. The topological polar surface area (TPSA) is 63.7 Å². The Morgan fingerprint density at radius 3 is 2.43 bits per heavy atom. The molecule has 0 aliphatic carbocycles. The van der Waals surface area contributed by atoms with Crippen molar-refractivity contribution in [1.82, 2.24) is 4.90 Å². The molecular formula is C18H25NO4. The predicted octanol–water partition coefficient (Wildman–Crippen LogP) is 2.68. The van der Waals surface area contributed by atoms with Crippen LogP contribution in [0.2, 0.25) is 0 Å². The molecule has 0 aromatic heterocycles. The Labute approximate surface area is 137 Å². The maximum absolute atomic E-state index is 12.3. The Morgan fingerprint density at radius 1 is 1.09 bits per heavy atom. The van der Waals surface area contributed by atoms with Crippen LogP contribution < -0.4 is 0 Å². The number of hydrogen-bond donors (Lipinski definition) is 0. The molecule has 0 saturated heterocycles. The highest BCUT2D eigenvalue weighted by atomic mass is 16.5. The zero-order valence-corrected chi connectivity index (χ0v) is 14.3. The van der Waals surface area contributed by atoms with E-state index < -0.39 is 0 Å². The lowest BCUT2D eigenvalue weighted by Crippen LogP contribution is -2.28. The summed E-state index contributed by atoms with van der Waals surface area (Å²) in [7, 11) is 3.03. The lowest BCUT2D eigenvalue weighted by atomic mass is 9.99. The number of amides is 1. The summed E-state index contributed by atoms with van der Waals surface area (Å²) in [6.45, 7) is 4.31. The van der Waals surface area contributed by atoms with Gasteiger partial charge in [0.25, 0.3) is 0 Å². The van der Waals surface area contributed by atoms with Gasteiger partial charge < -0.3 is 9.64 Å². The van der Waals surface area contributed by atoms with Gasteiger partial charge in [-0.15, -0.1) is 0 Å². The summed E-state index contributed by atoms with van der Waals surface area (Å²) in [5, 5.41) is 0. The normalized spacial score (nSPS) is 10.3. The van der Waals surface area contributed by atoms with E-state index in [0.717, 1.165) is 11.1 Å². The first kappa shape index (κ1) is 18.9. The molecule has 0 aliphatic rings. The van der Waals surface area contributed by atoms with Crippen molar-refractivity contribution in [1.29, 1.82) is 0 Å². The molecule has 1 amide bonds. The molecule has 126 valence electrons. The van der Waals surface area contributed by atoms with Crippen molar-refractivity contribution in [2.45, 2.75) is 39.5 Å². The van der Waals surface area contributed by atoms with Crippen LogP contribution >= 0.6 is 0 Å². The standard InChI is InChI=1S/C18H25NO4/c1-13-7-8-14(2)15(12-13)16(20)9-10-17(21)19(3)11-5-6-18(22)23-4/h7-8,12H,5-6,9-11H2,1-4H3. The number of ether oxygens (including phenoxy) is 1. The number of carbonyl (C=O) groups is 3. The van der Waals surface area contributed by atoms with Crippen molar-refractivity contribution < 1.29 is 19.1 Å². The minimum Gasteiger partial charge on any atom is -0.469 e. The van der Waals surface area contributed by atoms with Gasteiger partial charge in [-0.3, -0.25) is 14.4 Å². The summed E-state index contributed by atoms with van der Waals surface area (Å²) in [6, 6.07) is 5.75. The van der Waals surface area contributed by atoms with E-state index in [0.29, 0.717) is 18.5 Å². The van der Waals surface area contributed by atoms with Crippen LogP contribution in [0.15, 0.2) is 18.2 Å². The molecule has 0 heterocycles. The number of aryl methyl sites for hydroxylation is 2. The molecule has 0 aliphatic heterocycles. The van der Waals surface area contributed by atoms with Gasteiger partial charge in [-0.05, 0) is 31.9 Å². The number of carbonyl (C=O) groups excluding carboxylic acids is 3. The van der Waals surface area contributed by atoms with Crippen molar-refractivity contribution in [3.63, 3.8) is 0 Å². The van der Waals surface area contributed by atoms with Gasteiger partial charge in [0.1, 0.15) is 0 Å². The molecule has 0 unspecified atom stereocenters. The predicted molar refractivity (Wildman–Crippen MR) is 88.4 cm³/mol. The lowest BCUT2D eigenvalue weighted by Gasteiger charge is -2.16. The van der Waals surface area contributed by atoms with Crippen LogP contribution in [0.1, 0.15) is 47.2 Å². The molecule has 0 fully saturated rings. The van der Waals surface area contributed by atoms with Crippen molar-refractivity contribution in [3.8, 4) is 0 Å². The van der Waals surface area contributed by atoms with E-state index >= 15 is 0 Å². The summed E-state index contributed by atoms with van der Waals surface area (Å²) in [5.74, 6) is -0.382. The Morgan fingerprint density at radius 2 is 1.78 bits per heavy atom. The van der Waals surface area contributed by atoms with Gasteiger partial charge in [0.2, 0.25) is 5.91 Å². The monoisotopic (exact) mass is 319 g/mol. The number of benzene rings is 1. The van der Waals surface area contributed by atoms with Crippen molar-refractivity contribution >= 4 is 17.7 Å². The van der Waals surface area contributed by atoms with Gasteiger partial charge in [-0.1, -0.05) is 17.7 Å². The van der Waals surface area contributed by atoms with E-state index in [1.54, 1.807) is 11.9 Å². The second kappa shape index (κ2) is 9.08. The van der Waals surface area contributed by atoms with Crippen LogP contribution in [0.25, 0.3) is 0 Å². The average Bonchev–Trinajstić information content (AvgIpc) is 2.53. The molecule has 0 radical (unpaired) electrons. The molecule has 0 saturated carbocycles. The number of hydrogen-bond acceptors (Lipinski definition) is 4. The van der Waals surface area contributed by atoms with Crippen molar-refractivity contribution in [2.75, 3.05) is 20.7 Å². The van der Waals surface area contributed by atoms with Crippen molar-refractivity contribution in [2.24, 2.45) is 0 Å². The van der Waals surface area contributed by atoms with E-state index in [1.165, 1.54) is 7.11 Å². The van der Waals surface area contributed by atoms with E-state index in [9.17, 15) is 14.4 Å². The van der Waals surface area contributed by atoms with E-state index in [-0.39, 0.29) is 36.9 Å². The molecule has 5 nitrogen and oxygen atoms in total. The summed E-state index contributed by atoms with van der Waals surface area (Å²) in [4.78, 5) is 36.9. The van der Waals surface area contributed by atoms with Gasteiger partial charge in [-0.25, -0.2) is 0 Å². The first-order valence-corrected chi connectivity index (χ1v) is 7.76. The number of methoxy groups -OCH3 is 1. The third-order valence-corrected chi connectivity index (χ3v) is 3.79. The Hall–Kier alpha value is -2.17. The largest absolute Gasteiger partial charge is 0.469 e. The second-order valence-corrected chi connectivity index (χ2v) is 5.74. The van der Waals surface area contributed by atoms with E-state index in [2.05, 4.69) is 4.74 Å². The highest BCUT2D eigenvalue weighted by molar-refractivity contribution is 5.99. The van der Waals surface area contributed by atoms with Crippen LogP contribution in [0.4, 0.5) is 0 Å². The van der Waals surface area contributed by atoms with Gasteiger partial charge in [-0.2, -0.15) is 0 Å². The zero-order valence-electron chi connectivity index (χ0n) is 14.3. The van der Waals surface area contributed by atoms with Gasteiger partial charge in [0.15, 0.2) is 5.78 Å². The maximum Gasteiger partial charge on any atom is 0.305 e. The Kier molecular flexibility index (Phi) is 7.45. The summed E-state index contributed by atoms with van der Waals surface area (Å²) < 4.78 is 4.55. The lowest BCUT2D eigenvalue weighted by molar-refractivity contribution is -0.141. The highest BCUT2D eigenvalue weighted by Crippen LogP contribution is 2.14. The molecule has 0 atom stereocenters. The molecule has 1 aromatic carbocycles. The second-order valence-electron chi connectivity index (χ2n) is 5.74. The van der Waals surface area contributed by atoms with Crippen LogP contribution in [-0.4, -0.2) is 43.3 Å². The van der Waals surface area contributed by atoms with Crippen LogP contribution in [0, 0.1) is 13.8 Å². The molecule has 1 rings (SSSR count). The van der Waals surface area contributed by atoms with Gasteiger partial charge in [0.05, 0.1) is 7.11 Å². The van der Waals surface area contributed by atoms with Crippen LogP contribution in [0.3, 0.4) is 0 Å². The first-order chi connectivity index (χ1) is 10.8. The zero-order chi connectivity index (χ0) is 17.4. The fourth-order valence-corrected chi connectivity index (χ4v) is 2.27. The third-order valence-electron chi connectivity index (χ3n) is 3.79. The highest BCUT2D eigenvalue weighted by Gasteiger charge is 2.14. The smallest absolute Gasteiger partial charge is 0.305 e. The Balaban J connectivity index is 2.44. The number of ketones is 1. The number of Topliss-reactive ketones (excluding diaryl/α,β-unsaturated/α-hetero) is 1. The molecule has 0 spiro atoms. The molecule has 0 bridgehead atoms. The quantitative estimate of drug-likeness (QED) is 0.546. The molecular weight excluding hydrogens is 294 g/mol. The number of rotatable bonds is 8. The summed E-state index contributed by atoms with van der Waals surface area (Å²) in [6.07, 6.45) is 1.22. The SMILES string of the molecule is COC(=O)CCCN(C)C(=O)CCC(=O)c1cc(C)ccc1C. The van der Waals surface area contributed by atoms with Gasteiger partial charge in [0, 0.05) is 38.4 Å². The van der Waals surface area contributed by atoms with E-state index in [4.69, 9.17) is 0 Å². The van der Waals surface area contributed by atoms with Crippen LogP contribution in [0.5, 0.6) is 0 Å². The Bertz CT molecular complexity index is 580. The fraction of sp³-hybridized carbons (Fsp3) is 0.500. The summed E-state index contributed by atoms with van der Waals surface area (Å²) >= 11 is 0. The molecule has 5 heteroatoms. The number of nitrogens with zero attached hydrogens (tertiary/aromatic N) is 1.